The Morgan fingerprint density at radius 1 is 1.09 bits per heavy atom. The van der Waals surface area contributed by atoms with Crippen LogP contribution in [0.4, 0.5) is 0 Å². The van der Waals surface area contributed by atoms with E-state index in [0.29, 0.717) is 30.3 Å². The number of aromatic nitrogens is 4. The Bertz CT molecular complexity index is 1270. The number of carbonyl (C=O) groups is 1. The van der Waals surface area contributed by atoms with Crippen LogP contribution in [-0.2, 0) is 24.5 Å². The predicted molar refractivity (Wildman–Crippen MR) is 129 cm³/mol. The van der Waals surface area contributed by atoms with Gasteiger partial charge in [0.15, 0.2) is 10.6 Å². The zero-order chi connectivity index (χ0) is 23.0. The van der Waals surface area contributed by atoms with Gasteiger partial charge in [-0.05, 0) is 30.8 Å². The molecule has 8 heteroatoms. The highest BCUT2D eigenvalue weighted by molar-refractivity contribution is 7.71. The Morgan fingerprint density at radius 2 is 1.88 bits per heavy atom. The van der Waals surface area contributed by atoms with Crippen LogP contribution in [0.15, 0.2) is 72.9 Å². The Labute approximate surface area is 197 Å². The summed E-state index contributed by atoms with van der Waals surface area (Å²) in [6, 6.07) is 21.7. The number of aromatic amines is 1. The molecule has 0 saturated carbocycles. The van der Waals surface area contributed by atoms with Crippen molar-refractivity contribution in [3.05, 3.63) is 94.4 Å². The Hall–Kier alpha value is -3.78. The lowest BCUT2D eigenvalue weighted by molar-refractivity contribution is -0.121. The summed E-state index contributed by atoms with van der Waals surface area (Å²) in [6.45, 7) is 3.21. The third kappa shape index (κ3) is 5.93. The van der Waals surface area contributed by atoms with Crippen molar-refractivity contribution in [2.45, 2.75) is 33.0 Å². The van der Waals surface area contributed by atoms with Gasteiger partial charge in [-0.3, -0.25) is 14.5 Å². The van der Waals surface area contributed by atoms with E-state index in [4.69, 9.17) is 17.0 Å². The summed E-state index contributed by atoms with van der Waals surface area (Å²) >= 11 is 5.37. The Morgan fingerprint density at radius 3 is 2.67 bits per heavy atom. The summed E-state index contributed by atoms with van der Waals surface area (Å²) < 4.78 is 8.20. The molecule has 0 atom stereocenters. The van der Waals surface area contributed by atoms with Crippen LogP contribution in [0.3, 0.4) is 0 Å². The van der Waals surface area contributed by atoms with Gasteiger partial charge in [-0.1, -0.05) is 66.2 Å². The number of aryl methyl sites for hydroxylation is 1. The molecule has 0 aliphatic heterocycles. The largest absolute Gasteiger partial charge is 0.473 e. The van der Waals surface area contributed by atoms with Crippen LogP contribution in [0.2, 0.25) is 0 Å². The first-order valence-electron chi connectivity index (χ1n) is 10.7. The highest BCUT2D eigenvalue weighted by Gasteiger charge is 2.12. The summed E-state index contributed by atoms with van der Waals surface area (Å²) in [4.78, 5) is 16.9. The molecule has 0 aliphatic carbocycles. The van der Waals surface area contributed by atoms with Gasteiger partial charge in [0.25, 0.3) is 0 Å². The molecular formula is C25H25N5O2S. The number of benzene rings is 2. The second-order valence-corrected chi connectivity index (χ2v) is 8.03. The van der Waals surface area contributed by atoms with Crippen molar-refractivity contribution in [3.8, 4) is 17.3 Å². The van der Waals surface area contributed by atoms with E-state index in [1.54, 1.807) is 6.20 Å². The minimum Gasteiger partial charge on any atom is -0.473 e. The summed E-state index contributed by atoms with van der Waals surface area (Å²) in [5.41, 5.74) is 3.99. The van der Waals surface area contributed by atoms with Gasteiger partial charge in [0.1, 0.15) is 6.61 Å². The molecule has 4 rings (SSSR count). The van der Waals surface area contributed by atoms with Gasteiger partial charge < -0.3 is 10.1 Å². The minimum atomic E-state index is -0.0918. The number of pyridine rings is 1. The quantitative estimate of drug-likeness (QED) is 0.358. The number of ether oxygens (including phenoxy) is 1. The molecule has 168 valence electrons. The van der Waals surface area contributed by atoms with Crippen molar-refractivity contribution in [2.24, 2.45) is 0 Å². The van der Waals surface area contributed by atoms with Gasteiger partial charge in [-0.15, -0.1) is 0 Å². The van der Waals surface area contributed by atoms with E-state index in [0.717, 1.165) is 22.5 Å². The summed E-state index contributed by atoms with van der Waals surface area (Å²) in [5, 5.41) is 10.1. The van der Waals surface area contributed by atoms with Gasteiger partial charge in [-0.25, -0.2) is 4.98 Å². The number of hydrogen-bond donors (Lipinski definition) is 2. The van der Waals surface area contributed by atoms with Crippen LogP contribution < -0.4 is 10.1 Å². The van der Waals surface area contributed by atoms with Crippen molar-refractivity contribution >= 4 is 18.1 Å². The first-order chi connectivity index (χ1) is 16.1. The number of hydrogen-bond acceptors (Lipinski definition) is 5. The molecule has 0 fully saturated rings. The number of nitrogens with one attached hydrogen (secondary N) is 2. The standard InChI is InChI=1S/C25H25N5O2S/c1-18-9-11-20(12-10-18)23-28-29-25(33)30(23)15-13-22(31)27-16-21-8-5-14-26-24(21)32-17-19-6-3-2-4-7-19/h2-12,14H,13,15-17H2,1H3,(H,27,31)(H,29,33). The van der Waals surface area contributed by atoms with Crippen LogP contribution >= 0.6 is 12.2 Å². The number of amides is 1. The van der Waals surface area contributed by atoms with Gasteiger partial charge >= 0.3 is 0 Å². The first kappa shape index (κ1) is 22.4. The molecule has 0 saturated heterocycles. The molecule has 0 spiro atoms. The molecule has 0 bridgehead atoms. The van der Waals surface area contributed by atoms with Gasteiger partial charge in [0, 0.05) is 36.8 Å². The molecule has 0 aliphatic rings. The molecule has 2 aromatic heterocycles. The zero-order valence-electron chi connectivity index (χ0n) is 18.3. The van der Waals surface area contributed by atoms with E-state index >= 15 is 0 Å². The number of rotatable bonds is 9. The molecule has 7 nitrogen and oxygen atoms in total. The van der Waals surface area contributed by atoms with Crippen molar-refractivity contribution in [2.75, 3.05) is 0 Å². The smallest absolute Gasteiger partial charge is 0.222 e. The molecule has 1 amide bonds. The predicted octanol–water partition coefficient (Wildman–Crippen LogP) is 4.60. The Kier molecular flexibility index (Phi) is 7.26. The van der Waals surface area contributed by atoms with Crippen molar-refractivity contribution in [1.82, 2.24) is 25.1 Å². The van der Waals surface area contributed by atoms with Crippen molar-refractivity contribution < 1.29 is 9.53 Å². The second-order valence-electron chi connectivity index (χ2n) is 7.64. The number of H-pyrrole nitrogens is 1. The van der Waals surface area contributed by atoms with Crippen molar-refractivity contribution in [1.29, 1.82) is 0 Å². The van der Waals surface area contributed by atoms with Gasteiger partial charge in [0.2, 0.25) is 11.8 Å². The van der Waals surface area contributed by atoms with Gasteiger partial charge in [-0.2, -0.15) is 5.10 Å². The number of nitrogens with zero attached hydrogens (tertiary/aromatic N) is 3. The lowest BCUT2D eigenvalue weighted by atomic mass is 10.1. The zero-order valence-corrected chi connectivity index (χ0v) is 19.1. The summed E-state index contributed by atoms with van der Waals surface area (Å²) in [6.07, 6.45) is 1.95. The van der Waals surface area contributed by atoms with E-state index in [1.165, 1.54) is 5.56 Å². The fourth-order valence-corrected chi connectivity index (χ4v) is 3.58. The third-order valence-electron chi connectivity index (χ3n) is 5.17. The third-order valence-corrected chi connectivity index (χ3v) is 5.49. The van der Waals surface area contributed by atoms with E-state index < -0.39 is 0 Å². The molecule has 2 N–H and O–H groups in total. The fourth-order valence-electron chi connectivity index (χ4n) is 3.36. The molecule has 33 heavy (non-hydrogen) atoms. The maximum atomic E-state index is 12.6. The fraction of sp³-hybridized carbons (Fsp3) is 0.200. The monoisotopic (exact) mass is 459 g/mol. The van der Waals surface area contributed by atoms with Crippen LogP contribution in [0, 0.1) is 11.7 Å². The van der Waals surface area contributed by atoms with Crippen LogP contribution in [0.1, 0.15) is 23.1 Å². The molecule has 4 aromatic rings. The SMILES string of the molecule is Cc1ccc(-c2n[nH]c(=S)n2CCC(=O)NCc2cccnc2OCc2ccccc2)cc1. The highest BCUT2D eigenvalue weighted by Crippen LogP contribution is 2.19. The van der Waals surface area contributed by atoms with Crippen LogP contribution in [0.25, 0.3) is 11.4 Å². The van der Waals surface area contributed by atoms with E-state index in [2.05, 4.69) is 20.5 Å². The molecule has 0 unspecified atom stereocenters. The minimum absolute atomic E-state index is 0.0918. The summed E-state index contributed by atoms with van der Waals surface area (Å²) in [5.74, 6) is 1.14. The molecular weight excluding hydrogens is 434 g/mol. The van der Waals surface area contributed by atoms with Crippen molar-refractivity contribution in [3.63, 3.8) is 0 Å². The molecule has 2 aromatic carbocycles. The summed E-state index contributed by atoms with van der Waals surface area (Å²) in [7, 11) is 0. The maximum Gasteiger partial charge on any atom is 0.222 e. The second kappa shape index (κ2) is 10.7. The van der Waals surface area contributed by atoms with E-state index in [9.17, 15) is 4.79 Å². The first-order valence-corrected chi connectivity index (χ1v) is 11.1. The number of carbonyl (C=O) groups excluding carboxylic acids is 1. The topological polar surface area (TPSA) is 84.8 Å². The highest BCUT2D eigenvalue weighted by atomic mass is 32.1. The van der Waals surface area contributed by atoms with Crippen LogP contribution in [-0.4, -0.2) is 25.7 Å². The lowest BCUT2D eigenvalue weighted by Gasteiger charge is -2.12. The van der Waals surface area contributed by atoms with E-state index in [1.807, 2.05) is 78.2 Å². The van der Waals surface area contributed by atoms with Gasteiger partial charge in [0.05, 0.1) is 0 Å². The average molecular weight is 460 g/mol. The van der Waals surface area contributed by atoms with Crippen LogP contribution in [0.5, 0.6) is 5.88 Å². The van der Waals surface area contributed by atoms with E-state index in [-0.39, 0.29) is 12.3 Å². The lowest BCUT2D eigenvalue weighted by Crippen LogP contribution is -2.24. The molecule has 2 heterocycles. The maximum absolute atomic E-state index is 12.6. The average Bonchev–Trinajstić information content (AvgIpc) is 3.22. The molecule has 0 radical (unpaired) electrons. The Balaban J connectivity index is 1.34. The normalized spacial score (nSPS) is 10.7.